The Morgan fingerprint density at radius 1 is 0.981 bits per heavy atom. The van der Waals surface area contributed by atoms with Crippen LogP contribution in [0, 0.1) is 62.5 Å². The number of carboxylic acids is 1. The van der Waals surface area contributed by atoms with Crippen molar-refractivity contribution in [2.75, 3.05) is 44.2 Å². The van der Waals surface area contributed by atoms with E-state index in [1.165, 1.54) is 68.2 Å². The Hall–Kier alpha value is -2.03. The Bertz CT molecular complexity index is 1720. The molecule has 6 aliphatic rings. The Labute approximate surface area is 313 Å². The zero-order valence-corrected chi connectivity index (χ0v) is 33.6. The highest BCUT2D eigenvalue weighted by Crippen LogP contribution is 2.77. The van der Waals surface area contributed by atoms with Crippen LogP contribution in [0.1, 0.15) is 122 Å². The number of rotatable bonds is 9. The number of halogens is 1. The van der Waals surface area contributed by atoms with Crippen molar-refractivity contribution in [1.82, 2.24) is 10.2 Å². The molecule has 8 heteroatoms. The summed E-state index contributed by atoms with van der Waals surface area (Å²) in [5.41, 5.74) is 3.90. The van der Waals surface area contributed by atoms with Gasteiger partial charge < -0.3 is 15.3 Å². The van der Waals surface area contributed by atoms with Gasteiger partial charge in [-0.15, -0.1) is 0 Å². The molecule has 6 nitrogen and oxygen atoms in total. The van der Waals surface area contributed by atoms with Crippen LogP contribution in [0.15, 0.2) is 36.4 Å². The molecule has 1 aliphatic heterocycles. The maximum Gasteiger partial charge on any atom is 0.338 e. The van der Waals surface area contributed by atoms with Gasteiger partial charge in [-0.2, -0.15) is 0 Å². The standard InChI is InChI=1S/C44H65FN2O4S/c1-29(2)31-13-18-44(28-46-21-8-22-47-23-25-52(50,51)26-24-47)20-19-42(6)34(38(31)44)11-12-37-41(5)16-14-33(30-9-10-32(39(48)49)35(45)27-30)40(3,4)36(41)15-17-43(37,42)7/h9-10,14,27,31,34,36-38,46H,1,8,11-13,15-26,28H2,2-7H3,(H,48,49). The molecule has 0 radical (unpaired) electrons. The highest BCUT2D eigenvalue weighted by atomic mass is 32.2. The lowest BCUT2D eigenvalue weighted by molar-refractivity contribution is -0.225. The summed E-state index contributed by atoms with van der Waals surface area (Å²) in [7, 11) is -2.84. The zero-order chi connectivity index (χ0) is 37.5. The van der Waals surface area contributed by atoms with E-state index < -0.39 is 21.6 Å². The van der Waals surface area contributed by atoms with Crippen LogP contribution < -0.4 is 5.32 Å². The monoisotopic (exact) mass is 736 g/mol. The molecule has 288 valence electrons. The Morgan fingerprint density at radius 3 is 2.38 bits per heavy atom. The van der Waals surface area contributed by atoms with Crippen molar-refractivity contribution < 1.29 is 22.7 Å². The minimum absolute atomic E-state index is 0.144. The van der Waals surface area contributed by atoms with Crippen LogP contribution in [0.25, 0.3) is 5.57 Å². The van der Waals surface area contributed by atoms with E-state index in [1.807, 2.05) is 6.07 Å². The van der Waals surface area contributed by atoms with Gasteiger partial charge in [0.25, 0.3) is 0 Å². The smallest absolute Gasteiger partial charge is 0.338 e. The van der Waals surface area contributed by atoms with Crippen molar-refractivity contribution in [2.24, 2.45) is 56.7 Å². The van der Waals surface area contributed by atoms with Gasteiger partial charge in [-0.25, -0.2) is 17.6 Å². The second-order valence-corrected chi connectivity index (χ2v) is 21.9. The van der Waals surface area contributed by atoms with Gasteiger partial charge in [0.2, 0.25) is 0 Å². The first-order chi connectivity index (χ1) is 24.4. The quantitative estimate of drug-likeness (QED) is 0.195. The fourth-order valence-corrected chi connectivity index (χ4v) is 15.6. The third kappa shape index (κ3) is 5.99. The molecule has 7 rings (SSSR count). The summed E-state index contributed by atoms with van der Waals surface area (Å²) in [6.07, 6.45) is 14.5. The summed E-state index contributed by atoms with van der Waals surface area (Å²) in [5.74, 6) is 1.73. The summed E-state index contributed by atoms with van der Waals surface area (Å²) in [4.78, 5) is 13.9. The summed E-state index contributed by atoms with van der Waals surface area (Å²) in [6.45, 7) is 23.9. The molecule has 2 N–H and O–H groups in total. The molecule has 1 aromatic rings. The molecule has 1 saturated heterocycles. The van der Waals surface area contributed by atoms with Crippen LogP contribution in [-0.2, 0) is 9.84 Å². The molecule has 1 heterocycles. The van der Waals surface area contributed by atoms with Gasteiger partial charge in [-0.05, 0) is 164 Å². The van der Waals surface area contributed by atoms with Gasteiger partial charge in [0.05, 0.1) is 17.1 Å². The van der Waals surface area contributed by atoms with Crippen molar-refractivity contribution >= 4 is 21.4 Å². The highest BCUT2D eigenvalue weighted by Gasteiger charge is 2.70. The van der Waals surface area contributed by atoms with E-state index in [9.17, 15) is 22.7 Å². The van der Waals surface area contributed by atoms with E-state index >= 15 is 0 Å². The van der Waals surface area contributed by atoms with E-state index in [2.05, 4.69) is 64.4 Å². The van der Waals surface area contributed by atoms with E-state index in [4.69, 9.17) is 0 Å². The molecule has 5 aliphatic carbocycles. The number of aromatic carboxylic acids is 1. The number of carboxylic acid groups (broad SMARTS) is 1. The molecule has 4 saturated carbocycles. The van der Waals surface area contributed by atoms with Crippen LogP contribution in [-0.4, -0.2) is 68.6 Å². The first-order valence-electron chi connectivity index (χ1n) is 20.4. The fraction of sp³-hybridized carbons (Fsp3) is 0.750. The second-order valence-electron chi connectivity index (χ2n) is 19.6. The first-order valence-corrected chi connectivity index (χ1v) is 22.2. The Kier molecular flexibility index (Phi) is 9.80. The van der Waals surface area contributed by atoms with Gasteiger partial charge in [0, 0.05) is 19.6 Å². The molecule has 0 bridgehead atoms. The highest BCUT2D eigenvalue weighted by molar-refractivity contribution is 7.91. The fourth-order valence-electron chi connectivity index (χ4n) is 14.3. The molecular formula is C44H65FN2O4S. The SMILES string of the molecule is C=C(C)C1CCC2(CNCCCN3CCS(=O)(=O)CC3)CCC3(C)C(CCC4C5(C)CC=C(c6ccc(C(=O)O)c(F)c6)C(C)(C)C5CCC43C)C12. The van der Waals surface area contributed by atoms with E-state index in [-0.39, 0.29) is 27.2 Å². The number of fused-ring (bicyclic) bond motifs is 7. The van der Waals surface area contributed by atoms with Gasteiger partial charge in [-0.3, -0.25) is 0 Å². The number of hydrogen-bond donors (Lipinski definition) is 2. The van der Waals surface area contributed by atoms with Gasteiger partial charge >= 0.3 is 5.97 Å². The number of allylic oxidation sites excluding steroid dienone is 3. The van der Waals surface area contributed by atoms with Crippen molar-refractivity contribution in [3.05, 3.63) is 53.4 Å². The molecule has 9 unspecified atom stereocenters. The maximum absolute atomic E-state index is 14.9. The van der Waals surface area contributed by atoms with Crippen LogP contribution in [0.2, 0.25) is 0 Å². The van der Waals surface area contributed by atoms with Crippen molar-refractivity contribution in [3.8, 4) is 0 Å². The molecule has 52 heavy (non-hydrogen) atoms. The van der Waals surface area contributed by atoms with Gasteiger partial charge in [0.15, 0.2) is 9.84 Å². The zero-order valence-electron chi connectivity index (χ0n) is 32.8. The predicted molar refractivity (Wildman–Crippen MR) is 208 cm³/mol. The molecule has 0 spiro atoms. The maximum atomic E-state index is 14.9. The number of carbonyl (C=O) groups is 1. The number of hydrogen-bond acceptors (Lipinski definition) is 5. The molecule has 0 aromatic heterocycles. The van der Waals surface area contributed by atoms with Crippen LogP contribution in [0.5, 0.6) is 0 Å². The van der Waals surface area contributed by atoms with Crippen molar-refractivity contribution in [1.29, 1.82) is 0 Å². The molecule has 1 aromatic carbocycles. The van der Waals surface area contributed by atoms with Crippen molar-refractivity contribution in [2.45, 2.75) is 106 Å². The molecule has 0 amide bonds. The molecule has 9 atom stereocenters. The molecule has 5 fully saturated rings. The summed E-state index contributed by atoms with van der Waals surface area (Å²) in [6, 6.07) is 4.70. The van der Waals surface area contributed by atoms with Crippen molar-refractivity contribution in [3.63, 3.8) is 0 Å². The van der Waals surface area contributed by atoms with Crippen LogP contribution in [0.3, 0.4) is 0 Å². The summed E-state index contributed by atoms with van der Waals surface area (Å²) in [5, 5.41) is 13.4. The largest absolute Gasteiger partial charge is 0.478 e. The third-order valence-corrected chi connectivity index (χ3v) is 18.7. The topological polar surface area (TPSA) is 86.7 Å². The number of nitrogens with zero attached hydrogens (tertiary/aromatic N) is 1. The predicted octanol–water partition coefficient (Wildman–Crippen LogP) is 8.88. The summed E-state index contributed by atoms with van der Waals surface area (Å²) < 4.78 is 38.7. The number of sulfone groups is 1. The minimum Gasteiger partial charge on any atom is -0.478 e. The average molecular weight is 737 g/mol. The van der Waals surface area contributed by atoms with Crippen LogP contribution >= 0.6 is 0 Å². The normalized spacial score (nSPS) is 40.8. The number of benzene rings is 1. The minimum atomic E-state index is -2.84. The van der Waals surface area contributed by atoms with Gasteiger partial charge in [0.1, 0.15) is 5.82 Å². The average Bonchev–Trinajstić information content (AvgIpc) is 3.45. The van der Waals surface area contributed by atoms with Gasteiger partial charge in [-0.1, -0.05) is 58.9 Å². The Balaban J connectivity index is 1.10. The van der Waals surface area contributed by atoms with E-state index in [1.54, 1.807) is 0 Å². The molecular weight excluding hydrogens is 672 g/mol. The number of nitrogens with one attached hydrogen (secondary N) is 1. The Morgan fingerprint density at radius 2 is 1.71 bits per heavy atom. The van der Waals surface area contributed by atoms with E-state index in [0.717, 1.165) is 44.5 Å². The summed E-state index contributed by atoms with van der Waals surface area (Å²) >= 11 is 0. The first kappa shape index (κ1) is 38.3. The lowest BCUT2D eigenvalue weighted by Crippen LogP contribution is -2.65. The van der Waals surface area contributed by atoms with E-state index in [0.29, 0.717) is 59.6 Å². The lowest BCUT2D eigenvalue weighted by atomic mass is 9.32. The third-order valence-electron chi connectivity index (χ3n) is 17.1. The lowest BCUT2D eigenvalue weighted by Gasteiger charge is -2.72. The second kappa shape index (κ2) is 13.3. The van der Waals surface area contributed by atoms with Crippen LogP contribution in [0.4, 0.5) is 4.39 Å².